The van der Waals surface area contributed by atoms with Gasteiger partial charge >= 0.3 is 0 Å². The molecule has 4 fully saturated rings. The van der Waals surface area contributed by atoms with Crippen LogP contribution >= 0.6 is 0 Å². The van der Waals surface area contributed by atoms with Gasteiger partial charge in [-0.3, -0.25) is 9.59 Å². The molecule has 0 heterocycles. The predicted molar refractivity (Wildman–Crippen MR) is 89.5 cm³/mol. The van der Waals surface area contributed by atoms with Gasteiger partial charge in [-0.25, -0.2) is 0 Å². The van der Waals surface area contributed by atoms with Gasteiger partial charge < -0.3 is 16.0 Å². The third kappa shape index (κ3) is 2.79. The summed E-state index contributed by atoms with van der Waals surface area (Å²) >= 11 is 0. The van der Waals surface area contributed by atoms with Crippen molar-refractivity contribution in [2.24, 2.45) is 23.0 Å². The van der Waals surface area contributed by atoms with E-state index in [0.717, 1.165) is 32.1 Å². The number of hydrogen-bond donors (Lipinski definition) is 2. The van der Waals surface area contributed by atoms with Crippen LogP contribution in [0.25, 0.3) is 0 Å². The first-order valence-electron chi connectivity index (χ1n) is 9.03. The molecule has 3 unspecified atom stereocenters. The lowest BCUT2D eigenvalue weighted by molar-refractivity contribution is -0.147. The summed E-state index contributed by atoms with van der Waals surface area (Å²) in [7, 11) is 0. The number of likely N-dealkylation sites (N-methyl/N-ethyl adjacent to an activating group) is 1. The first kappa shape index (κ1) is 17.2. The summed E-state index contributed by atoms with van der Waals surface area (Å²) in [5, 5.41) is 12.1. The first-order chi connectivity index (χ1) is 11.3. The molecule has 0 aromatic carbocycles. The standard InChI is InChI=1S/C18H28N4O2/c1-3-22(5-4-19)16(24)15(20)17-7-13-6-14(8-17)10-18(9-13,11-17)21-12(2)23/h13-15H,3,5-11,20H2,1-2H3,(H,21,23). The lowest BCUT2D eigenvalue weighted by Gasteiger charge is -2.63. The fraction of sp³-hybridized carbons (Fsp3) is 0.833. The molecular weight excluding hydrogens is 304 g/mol. The van der Waals surface area contributed by atoms with E-state index in [1.54, 1.807) is 11.8 Å². The van der Waals surface area contributed by atoms with E-state index in [-0.39, 0.29) is 29.3 Å². The average Bonchev–Trinajstić information content (AvgIpc) is 2.48. The molecule has 4 aliphatic carbocycles. The highest BCUT2D eigenvalue weighted by Gasteiger charge is 2.61. The van der Waals surface area contributed by atoms with Crippen molar-refractivity contribution in [3.63, 3.8) is 0 Å². The first-order valence-corrected chi connectivity index (χ1v) is 9.03. The molecule has 4 rings (SSSR count). The molecule has 132 valence electrons. The summed E-state index contributed by atoms with van der Waals surface area (Å²) in [6.07, 6.45) is 5.97. The normalized spacial score (nSPS) is 37.6. The Morgan fingerprint density at radius 1 is 1.33 bits per heavy atom. The van der Waals surface area contributed by atoms with Crippen molar-refractivity contribution in [1.29, 1.82) is 5.26 Å². The average molecular weight is 332 g/mol. The maximum absolute atomic E-state index is 12.9. The van der Waals surface area contributed by atoms with Crippen molar-refractivity contribution in [2.45, 2.75) is 64.0 Å². The Morgan fingerprint density at radius 2 is 1.96 bits per heavy atom. The Kier molecular flexibility index (Phi) is 4.33. The van der Waals surface area contributed by atoms with Gasteiger partial charge in [-0.15, -0.1) is 0 Å². The fourth-order valence-corrected chi connectivity index (χ4v) is 6.11. The smallest absolute Gasteiger partial charge is 0.240 e. The van der Waals surface area contributed by atoms with Gasteiger partial charge in [0.15, 0.2) is 0 Å². The molecule has 4 saturated carbocycles. The lowest BCUT2D eigenvalue weighted by atomic mass is 9.45. The maximum atomic E-state index is 12.9. The summed E-state index contributed by atoms with van der Waals surface area (Å²) in [5.41, 5.74) is 6.09. The number of carbonyl (C=O) groups excluding carboxylic acids is 2. The van der Waals surface area contributed by atoms with Crippen molar-refractivity contribution >= 4 is 11.8 Å². The number of nitrogens with one attached hydrogen (secondary N) is 1. The monoisotopic (exact) mass is 332 g/mol. The van der Waals surface area contributed by atoms with E-state index in [1.807, 2.05) is 6.92 Å². The van der Waals surface area contributed by atoms with Gasteiger partial charge in [0.2, 0.25) is 11.8 Å². The van der Waals surface area contributed by atoms with Crippen LogP contribution in [0.1, 0.15) is 52.4 Å². The van der Waals surface area contributed by atoms with Crippen LogP contribution in [0, 0.1) is 28.6 Å². The maximum Gasteiger partial charge on any atom is 0.240 e. The second-order valence-corrected chi connectivity index (χ2v) is 8.27. The summed E-state index contributed by atoms with van der Waals surface area (Å²) in [4.78, 5) is 26.1. The zero-order chi connectivity index (χ0) is 17.5. The van der Waals surface area contributed by atoms with Crippen LogP contribution in [0.2, 0.25) is 0 Å². The molecular formula is C18H28N4O2. The van der Waals surface area contributed by atoms with E-state index in [9.17, 15) is 9.59 Å². The van der Waals surface area contributed by atoms with E-state index in [4.69, 9.17) is 11.0 Å². The SMILES string of the molecule is CCN(CC#N)C(=O)C(N)C12CC3CC(CC(NC(C)=O)(C3)C1)C2. The summed E-state index contributed by atoms with van der Waals surface area (Å²) < 4.78 is 0. The highest BCUT2D eigenvalue weighted by Crippen LogP contribution is 2.62. The van der Waals surface area contributed by atoms with Gasteiger partial charge in [-0.05, 0) is 62.7 Å². The largest absolute Gasteiger partial charge is 0.351 e. The third-order valence-electron chi connectivity index (χ3n) is 6.43. The second kappa shape index (κ2) is 6.03. The van der Waals surface area contributed by atoms with Gasteiger partial charge in [0.05, 0.1) is 12.1 Å². The number of rotatable bonds is 5. The number of hydrogen-bond acceptors (Lipinski definition) is 4. The van der Waals surface area contributed by atoms with Crippen LogP contribution in [0.4, 0.5) is 0 Å². The highest BCUT2D eigenvalue weighted by atomic mass is 16.2. The third-order valence-corrected chi connectivity index (χ3v) is 6.43. The number of nitrogens with two attached hydrogens (primary N) is 1. The molecule has 4 aliphatic rings. The van der Waals surface area contributed by atoms with Gasteiger partial charge in [0.25, 0.3) is 0 Å². The van der Waals surface area contributed by atoms with Crippen molar-refractivity contribution in [1.82, 2.24) is 10.2 Å². The van der Waals surface area contributed by atoms with E-state index < -0.39 is 6.04 Å². The molecule has 2 amide bonds. The number of amides is 2. The number of carbonyl (C=O) groups is 2. The van der Waals surface area contributed by atoms with Gasteiger partial charge in [0, 0.05) is 19.0 Å². The molecule has 6 heteroatoms. The van der Waals surface area contributed by atoms with Crippen LogP contribution in [-0.4, -0.2) is 41.4 Å². The fourth-order valence-electron chi connectivity index (χ4n) is 6.11. The van der Waals surface area contributed by atoms with Crippen molar-refractivity contribution in [2.75, 3.05) is 13.1 Å². The molecule has 6 nitrogen and oxygen atoms in total. The second-order valence-electron chi connectivity index (χ2n) is 8.27. The van der Waals surface area contributed by atoms with Crippen LogP contribution < -0.4 is 11.1 Å². The summed E-state index contributed by atoms with van der Waals surface area (Å²) in [5.74, 6) is 0.983. The molecule has 0 aliphatic heterocycles. The van der Waals surface area contributed by atoms with Gasteiger partial charge in [0.1, 0.15) is 6.54 Å². The molecule has 3 N–H and O–H groups in total. The minimum absolute atomic E-state index is 0.00617. The van der Waals surface area contributed by atoms with E-state index in [2.05, 4.69) is 11.4 Å². The Hall–Kier alpha value is -1.61. The molecule has 4 bridgehead atoms. The number of nitrogens with zero attached hydrogens (tertiary/aromatic N) is 2. The van der Waals surface area contributed by atoms with Crippen LogP contribution in [0.3, 0.4) is 0 Å². The molecule has 24 heavy (non-hydrogen) atoms. The Bertz CT molecular complexity index is 568. The van der Waals surface area contributed by atoms with Crippen LogP contribution in [0.15, 0.2) is 0 Å². The van der Waals surface area contributed by atoms with Crippen LogP contribution in [-0.2, 0) is 9.59 Å². The van der Waals surface area contributed by atoms with E-state index in [1.165, 1.54) is 6.42 Å². The van der Waals surface area contributed by atoms with Crippen molar-refractivity contribution in [3.05, 3.63) is 0 Å². The molecule has 0 spiro atoms. The molecule has 3 atom stereocenters. The van der Waals surface area contributed by atoms with Gasteiger partial charge in [-0.1, -0.05) is 0 Å². The molecule has 0 aromatic rings. The lowest BCUT2D eigenvalue weighted by Crippen LogP contribution is -2.68. The Balaban J connectivity index is 1.85. The van der Waals surface area contributed by atoms with Crippen LogP contribution in [0.5, 0.6) is 0 Å². The predicted octanol–water partition coefficient (Wildman–Crippen LogP) is 1.16. The molecule has 0 saturated heterocycles. The Labute approximate surface area is 143 Å². The molecule has 0 radical (unpaired) electrons. The van der Waals surface area contributed by atoms with Gasteiger partial charge in [-0.2, -0.15) is 5.26 Å². The zero-order valence-corrected chi connectivity index (χ0v) is 14.7. The minimum Gasteiger partial charge on any atom is -0.351 e. The summed E-state index contributed by atoms with van der Waals surface area (Å²) in [6.45, 7) is 4.03. The molecule has 0 aromatic heterocycles. The van der Waals surface area contributed by atoms with E-state index >= 15 is 0 Å². The topological polar surface area (TPSA) is 99.2 Å². The zero-order valence-electron chi connectivity index (χ0n) is 14.7. The minimum atomic E-state index is -0.579. The van der Waals surface area contributed by atoms with E-state index in [0.29, 0.717) is 18.4 Å². The summed E-state index contributed by atoms with van der Waals surface area (Å²) in [6, 6.07) is 1.48. The number of nitriles is 1. The Morgan fingerprint density at radius 3 is 2.46 bits per heavy atom. The quantitative estimate of drug-likeness (QED) is 0.738. The van der Waals surface area contributed by atoms with Crippen molar-refractivity contribution in [3.8, 4) is 6.07 Å². The van der Waals surface area contributed by atoms with Crippen molar-refractivity contribution < 1.29 is 9.59 Å². The highest BCUT2D eigenvalue weighted by molar-refractivity contribution is 5.83.